The van der Waals surface area contributed by atoms with E-state index in [1.165, 1.54) is 0 Å². The topological polar surface area (TPSA) is 92.4 Å². The fourth-order valence-electron chi connectivity index (χ4n) is 1.69. The molecular formula is C12H16N2O4. The van der Waals surface area contributed by atoms with Crippen LogP contribution in [0, 0.1) is 5.92 Å². The molecule has 1 aromatic rings. The fourth-order valence-corrected chi connectivity index (χ4v) is 1.69. The SMILES string of the molecule is CC(C)[C@H](NC(=O)c1cc(C2CC2)on1)C(=O)O. The lowest BCUT2D eigenvalue weighted by Crippen LogP contribution is -2.44. The molecule has 2 N–H and O–H groups in total. The third kappa shape index (κ3) is 2.69. The molecule has 0 bridgehead atoms. The van der Waals surface area contributed by atoms with Crippen LogP contribution in [0.3, 0.4) is 0 Å². The Morgan fingerprint density at radius 1 is 1.50 bits per heavy atom. The molecule has 0 saturated heterocycles. The minimum atomic E-state index is -1.05. The summed E-state index contributed by atoms with van der Waals surface area (Å²) in [6.07, 6.45) is 2.11. The quantitative estimate of drug-likeness (QED) is 0.826. The standard InChI is InChI=1S/C12H16N2O4/c1-6(2)10(12(16)17)13-11(15)8-5-9(18-14-8)7-3-4-7/h5-7,10H,3-4H2,1-2H3,(H,13,15)(H,16,17)/t10-/m0/s1. The Bertz CT molecular complexity index is 462. The Labute approximate surface area is 104 Å². The van der Waals surface area contributed by atoms with Gasteiger partial charge >= 0.3 is 5.97 Å². The van der Waals surface area contributed by atoms with Crippen LogP contribution in [0.1, 0.15) is 48.9 Å². The predicted octanol–water partition coefficient (Wildman–Crippen LogP) is 1.39. The van der Waals surface area contributed by atoms with Crippen LogP contribution in [0.2, 0.25) is 0 Å². The maximum Gasteiger partial charge on any atom is 0.326 e. The summed E-state index contributed by atoms with van der Waals surface area (Å²) in [4.78, 5) is 22.8. The van der Waals surface area contributed by atoms with E-state index < -0.39 is 17.9 Å². The summed E-state index contributed by atoms with van der Waals surface area (Å²) in [6.45, 7) is 3.47. The summed E-state index contributed by atoms with van der Waals surface area (Å²) in [5.41, 5.74) is 0.142. The van der Waals surface area contributed by atoms with E-state index in [1.54, 1.807) is 19.9 Å². The zero-order valence-corrected chi connectivity index (χ0v) is 10.3. The Balaban J connectivity index is 2.03. The molecule has 1 atom stereocenters. The van der Waals surface area contributed by atoms with E-state index in [0.29, 0.717) is 11.7 Å². The first-order chi connectivity index (χ1) is 8.49. The molecule has 1 saturated carbocycles. The first kappa shape index (κ1) is 12.6. The van der Waals surface area contributed by atoms with Gasteiger partial charge in [0.15, 0.2) is 5.69 Å². The number of nitrogens with zero attached hydrogens (tertiary/aromatic N) is 1. The van der Waals surface area contributed by atoms with Gasteiger partial charge in [0, 0.05) is 12.0 Å². The third-order valence-corrected chi connectivity index (χ3v) is 2.96. The van der Waals surface area contributed by atoms with Crippen LogP contribution < -0.4 is 5.32 Å². The van der Waals surface area contributed by atoms with Crippen molar-refractivity contribution in [3.05, 3.63) is 17.5 Å². The molecule has 18 heavy (non-hydrogen) atoms. The molecule has 1 aliphatic carbocycles. The molecule has 6 heteroatoms. The van der Waals surface area contributed by atoms with Crippen LogP contribution in [-0.4, -0.2) is 28.2 Å². The van der Waals surface area contributed by atoms with Gasteiger partial charge < -0.3 is 14.9 Å². The zero-order valence-electron chi connectivity index (χ0n) is 10.3. The average molecular weight is 252 g/mol. The van der Waals surface area contributed by atoms with Crippen LogP contribution in [0.5, 0.6) is 0 Å². The van der Waals surface area contributed by atoms with Crippen molar-refractivity contribution in [1.82, 2.24) is 10.5 Å². The van der Waals surface area contributed by atoms with Gasteiger partial charge in [-0.2, -0.15) is 0 Å². The number of carbonyl (C=O) groups is 2. The second kappa shape index (κ2) is 4.80. The first-order valence-corrected chi connectivity index (χ1v) is 5.99. The van der Waals surface area contributed by atoms with E-state index in [2.05, 4.69) is 10.5 Å². The van der Waals surface area contributed by atoms with Gasteiger partial charge in [-0.1, -0.05) is 19.0 Å². The Hall–Kier alpha value is -1.85. The Kier molecular flexibility index (Phi) is 3.36. The fraction of sp³-hybridized carbons (Fsp3) is 0.583. The Morgan fingerprint density at radius 2 is 2.17 bits per heavy atom. The molecule has 0 radical (unpaired) electrons. The predicted molar refractivity (Wildman–Crippen MR) is 62.2 cm³/mol. The summed E-state index contributed by atoms with van der Waals surface area (Å²) in [7, 11) is 0. The summed E-state index contributed by atoms with van der Waals surface area (Å²) >= 11 is 0. The number of carbonyl (C=O) groups excluding carboxylic acids is 1. The normalized spacial score (nSPS) is 16.6. The van der Waals surface area contributed by atoms with Crippen LogP contribution >= 0.6 is 0 Å². The molecule has 1 amide bonds. The number of aliphatic carboxylic acids is 1. The summed E-state index contributed by atoms with van der Waals surface area (Å²) in [5.74, 6) is -0.673. The average Bonchev–Trinajstić information content (AvgIpc) is 3.03. The van der Waals surface area contributed by atoms with Crippen LogP contribution in [0.4, 0.5) is 0 Å². The monoisotopic (exact) mass is 252 g/mol. The van der Waals surface area contributed by atoms with Gasteiger partial charge in [0.1, 0.15) is 11.8 Å². The summed E-state index contributed by atoms with van der Waals surface area (Å²) in [5, 5.41) is 15.1. The van der Waals surface area contributed by atoms with Crippen LogP contribution in [-0.2, 0) is 4.79 Å². The Morgan fingerprint density at radius 3 is 2.67 bits per heavy atom. The number of hydrogen-bond donors (Lipinski definition) is 2. The van der Waals surface area contributed by atoms with Crippen molar-refractivity contribution in [1.29, 1.82) is 0 Å². The van der Waals surface area contributed by atoms with Crippen molar-refractivity contribution >= 4 is 11.9 Å². The molecule has 1 aliphatic rings. The molecule has 1 fully saturated rings. The smallest absolute Gasteiger partial charge is 0.326 e. The van der Waals surface area contributed by atoms with Crippen molar-refractivity contribution in [3.8, 4) is 0 Å². The third-order valence-electron chi connectivity index (χ3n) is 2.96. The minimum Gasteiger partial charge on any atom is -0.480 e. The van der Waals surface area contributed by atoms with Crippen molar-refractivity contribution < 1.29 is 19.2 Å². The van der Waals surface area contributed by atoms with Gasteiger partial charge in [0.25, 0.3) is 5.91 Å². The maximum absolute atomic E-state index is 11.8. The summed E-state index contributed by atoms with van der Waals surface area (Å²) < 4.78 is 5.05. The van der Waals surface area contributed by atoms with Crippen molar-refractivity contribution in [2.24, 2.45) is 5.92 Å². The molecule has 1 heterocycles. The van der Waals surface area contributed by atoms with Gasteiger partial charge in [-0.3, -0.25) is 4.79 Å². The molecule has 98 valence electrons. The lowest BCUT2D eigenvalue weighted by molar-refractivity contribution is -0.140. The molecule has 0 aromatic carbocycles. The molecular weight excluding hydrogens is 236 g/mol. The molecule has 6 nitrogen and oxygen atoms in total. The summed E-state index contributed by atoms with van der Waals surface area (Å²) in [6, 6.07) is 0.672. The molecule has 0 unspecified atom stereocenters. The number of rotatable bonds is 5. The van der Waals surface area contributed by atoms with E-state index in [1.807, 2.05) is 0 Å². The minimum absolute atomic E-state index is 0.142. The lowest BCUT2D eigenvalue weighted by Gasteiger charge is -2.16. The second-order valence-electron chi connectivity index (χ2n) is 4.92. The largest absolute Gasteiger partial charge is 0.480 e. The number of hydrogen-bond acceptors (Lipinski definition) is 4. The number of nitrogens with one attached hydrogen (secondary N) is 1. The van der Waals surface area contributed by atoms with Crippen molar-refractivity contribution in [2.75, 3.05) is 0 Å². The highest BCUT2D eigenvalue weighted by Gasteiger charge is 2.30. The zero-order chi connectivity index (χ0) is 13.3. The second-order valence-corrected chi connectivity index (χ2v) is 4.92. The number of carboxylic acids is 1. The lowest BCUT2D eigenvalue weighted by atomic mass is 10.0. The van der Waals surface area contributed by atoms with Gasteiger partial charge in [-0.05, 0) is 18.8 Å². The van der Waals surface area contributed by atoms with Crippen molar-refractivity contribution in [2.45, 2.75) is 38.6 Å². The number of carboxylic acid groups (broad SMARTS) is 1. The highest BCUT2D eigenvalue weighted by Crippen LogP contribution is 2.40. The molecule has 1 aromatic heterocycles. The van der Waals surface area contributed by atoms with E-state index in [9.17, 15) is 9.59 Å². The van der Waals surface area contributed by atoms with E-state index in [0.717, 1.165) is 12.8 Å². The highest BCUT2D eigenvalue weighted by molar-refractivity contribution is 5.95. The molecule has 2 rings (SSSR count). The van der Waals surface area contributed by atoms with Gasteiger partial charge in [-0.25, -0.2) is 4.79 Å². The van der Waals surface area contributed by atoms with Gasteiger partial charge in [0.05, 0.1) is 0 Å². The maximum atomic E-state index is 11.8. The molecule has 0 spiro atoms. The first-order valence-electron chi connectivity index (χ1n) is 5.99. The van der Waals surface area contributed by atoms with E-state index in [4.69, 9.17) is 9.63 Å². The molecule has 0 aliphatic heterocycles. The van der Waals surface area contributed by atoms with Crippen LogP contribution in [0.25, 0.3) is 0 Å². The van der Waals surface area contributed by atoms with E-state index >= 15 is 0 Å². The van der Waals surface area contributed by atoms with Crippen LogP contribution in [0.15, 0.2) is 10.6 Å². The van der Waals surface area contributed by atoms with Gasteiger partial charge in [-0.15, -0.1) is 0 Å². The number of aromatic nitrogens is 1. The highest BCUT2D eigenvalue weighted by atomic mass is 16.5. The van der Waals surface area contributed by atoms with Crippen molar-refractivity contribution in [3.63, 3.8) is 0 Å². The van der Waals surface area contributed by atoms with Gasteiger partial charge in [0.2, 0.25) is 0 Å². The van der Waals surface area contributed by atoms with E-state index in [-0.39, 0.29) is 11.6 Å². The number of amides is 1.